The van der Waals surface area contributed by atoms with Crippen LogP contribution in [0.1, 0.15) is 23.2 Å². The van der Waals surface area contributed by atoms with Crippen LogP contribution < -0.4 is 0 Å². The highest BCUT2D eigenvalue weighted by atomic mass is 35.5. The van der Waals surface area contributed by atoms with Crippen LogP contribution in [0.3, 0.4) is 0 Å². The molecule has 0 aliphatic carbocycles. The van der Waals surface area contributed by atoms with E-state index in [0.717, 1.165) is 35.9 Å². The number of aromatic nitrogens is 1. The highest BCUT2D eigenvalue weighted by Gasteiger charge is 2.25. The fourth-order valence-electron chi connectivity index (χ4n) is 4.19. The molecule has 3 aromatic rings. The van der Waals surface area contributed by atoms with Crippen molar-refractivity contribution in [3.05, 3.63) is 69.3 Å². The van der Waals surface area contributed by atoms with Crippen LogP contribution in [0.15, 0.2) is 42.5 Å². The first kappa shape index (κ1) is 19.2. The predicted octanol–water partition coefficient (Wildman–Crippen LogP) is 5.66. The van der Waals surface area contributed by atoms with Gasteiger partial charge in [-0.05, 0) is 42.5 Å². The van der Waals surface area contributed by atoms with E-state index in [1.165, 1.54) is 16.2 Å². The van der Waals surface area contributed by atoms with Crippen molar-refractivity contribution in [1.82, 2.24) is 9.47 Å². The second-order valence-corrected chi connectivity index (χ2v) is 7.98. The van der Waals surface area contributed by atoms with Gasteiger partial charge in [0.15, 0.2) is 0 Å². The first-order valence-corrected chi connectivity index (χ1v) is 10.3. The van der Waals surface area contributed by atoms with Crippen molar-refractivity contribution >= 4 is 40.2 Å². The molecule has 1 aliphatic heterocycles. The second-order valence-electron chi connectivity index (χ2n) is 7.19. The summed E-state index contributed by atoms with van der Waals surface area (Å²) in [5.41, 5.74) is 4.75. The van der Waals surface area contributed by atoms with Gasteiger partial charge < -0.3 is 14.6 Å². The Morgan fingerprint density at radius 3 is 2.54 bits per heavy atom. The third-order valence-corrected chi connectivity index (χ3v) is 6.35. The van der Waals surface area contributed by atoms with E-state index in [9.17, 15) is 9.90 Å². The molecular formula is C22H22Cl2N2O2. The van der Waals surface area contributed by atoms with E-state index in [0.29, 0.717) is 36.0 Å². The summed E-state index contributed by atoms with van der Waals surface area (Å²) in [6.45, 7) is 1.85. The third-order valence-electron chi connectivity index (χ3n) is 5.55. The summed E-state index contributed by atoms with van der Waals surface area (Å²) in [6, 6.07) is 14.3. The molecule has 28 heavy (non-hydrogen) atoms. The number of hydrogen-bond donors (Lipinski definition) is 1. The molecule has 1 N–H and O–H groups in total. The monoisotopic (exact) mass is 416 g/mol. The van der Waals surface area contributed by atoms with E-state index in [4.69, 9.17) is 23.2 Å². The lowest BCUT2D eigenvalue weighted by Gasteiger charge is -2.16. The van der Waals surface area contributed by atoms with E-state index in [2.05, 4.69) is 28.8 Å². The zero-order chi connectivity index (χ0) is 19.7. The summed E-state index contributed by atoms with van der Waals surface area (Å²) in [6.07, 6.45) is 2.48. The maximum absolute atomic E-state index is 11.5. The van der Waals surface area contributed by atoms with Crippen LogP contribution in [-0.4, -0.2) is 33.8 Å². The minimum Gasteiger partial charge on any atom is -0.465 e. The minimum atomic E-state index is -0.866. The second kappa shape index (κ2) is 8.06. The lowest BCUT2D eigenvalue weighted by Crippen LogP contribution is -2.31. The van der Waals surface area contributed by atoms with E-state index in [1.54, 1.807) is 0 Å². The average molecular weight is 417 g/mol. The fourth-order valence-corrected chi connectivity index (χ4v) is 4.62. The van der Waals surface area contributed by atoms with Gasteiger partial charge >= 0.3 is 6.09 Å². The number of benzene rings is 2. The molecule has 0 atom stereocenters. The van der Waals surface area contributed by atoms with Crippen LogP contribution in [0.4, 0.5) is 4.79 Å². The lowest BCUT2D eigenvalue weighted by molar-refractivity contribution is 0.147. The zero-order valence-corrected chi connectivity index (χ0v) is 17.0. The molecule has 1 aromatic heterocycles. The lowest BCUT2D eigenvalue weighted by atomic mass is 10.1. The molecule has 1 aliphatic rings. The van der Waals surface area contributed by atoms with Crippen molar-refractivity contribution in [1.29, 1.82) is 0 Å². The number of carboxylic acid groups (broad SMARTS) is 1. The Hall–Kier alpha value is -2.17. The van der Waals surface area contributed by atoms with E-state index >= 15 is 0 Å². The molecule has 6 heteroatoms. The molecule has 146 valence electrons. The summed E-state index contributed by atoms with van der Waals surface area (Å²) in [5.74, 6) is 0. The van der Waals surface area contributed by atoms with Crippen molar-refractivity contribution in [2.45, 2.75) is 32.2 Å². The van der Waals surface area contributed by atoms with Gasteiger partial charge in [-0.1, -0.05) is 53.5 Å². The van der Waals surface area contributed by atoms with Crippen molar-refractivity contribution in [2.75, 3.05) is 13.1 Å². The predicted molar refractivity (Wildman–Crippen MR) is 114 cm³/mol. The van der Waals surface area contributed by atoms with Gasteiger partial charge in [-0.15, -0.1) is 0 Å². The van der Waals surface area contributed by atoms with Crippen LogP contribution in [0.5, 0.6) is 0 Å². The van der Waals surface area contributed by atoms with Crippen molar-refractivity contribution < 1.29 is 9.90 Å². The number of nitrogens with zero attached hydrogens (tertiary/aromatic N) is 2. The van der Waals surface area contributed by atoms with E-state index < -0.39 is 6.09 Å². The fraction of sp³-hybridized carbons (Fsp3) is 0.318. The van der Waals surface area contributed by atoms with Crippen LogP contribution in [0, 0.1) is 0 Å². The molecule has 1 amide bonds. The summed E-state index contributed by atoms with van der Waals surface area (Å²) in [4.78, 5) is 12.9. The molecule has 0 radical (unpaired) electrons. The summed E-state index contributed by atoms with van der Waals surface area (Å²) in [5, 5.41) is 11.5. The minimum absolute atomic E-state index is 0.480. The number of amides is 1. The molecule has 2 heterocycles. The summed E-state index contributed by atoms with van der Waals surface area (Å²) in [7, 11) is 0. The summed E-state index contributed by atoms with van der Waals surface area (Å²) < 4.78 is 2.32. The van der Waals surface area contributed by atoms with Crippen molar-refractivity contribution in [3.63, 3.8) is 0 Å². The highest BCUT2D eigenvalue weighted by molar-refractivity contribution is 6.45. The highest BCUT2D eigenvalue weighted by Crippen LogP contribution is 2.38. The number of fused-ring (bicyclic) bond motifs is 3. The number of hydrogen-bond acceptors (Lipinski definition) is 1. The molecular weight excluding hydrogens is 395 g/mol. The third kappa shape index (κ3) is 3.59. The van der Waals surface area contributed by atoms with E-state index in [1.807, 2.05) is 18.2 Å². The van der Waals surface area contributed by atoms with Gasteiger partial charge in [0.2, 0.25) is 0 Å². The molecule has 4 rings (SSSR count). The Bertz CT molecular complexity index is 1010. The Morgan fingerprint density at radius 2 is 1.79 bits per heavy atom. The maximum Gasteiger partial charge on any atom is 0.407 e. The number of halogens is 2. The molecule has 4 nitrogen and oxygen atoms in total. The molecule has 0 spiro atoms. The molecule has 0 bridgehead atoms. The SMILES string of the molecule is O=C(O)N1CCc2c(n(CCCc3ccccc3)c3ccc(Cl)c(Cl)c23)CC1. The Labute approximate surface area is 174 Å². The van der Waals surface area contributed by atoms with Crippen LogP contribution >= 0.6 is 23.2 Å². The van der Waals surface area contributed by atoms with Gasteiger partial charge in [0, 0.05) is 37.1 Å². The summed E-state index contributed by atoms with van der Waals surface area (Å²) >= 11 is 12.9. The van der Waals surface area contributed by atoms with Gasteiger partial charge in [0.05, 0.1) is 15.6 Å². The average Bonchev–Trinajstić information content (AvgIpc) is 2.84. The van der Waals surface area contributed by atoms with Gasteiger partial charge in [-0.3, -0.25) is 0 Å². The molecule has 0 saturated carbocycles. The smallest absolute Gasteiger partial charge is 0.407 e. The largest absolute Gasteiger partial charge is 0.465 e. The van der Waals surface area contributed by atoms with E-state index in [-0.39, 0.29) is 0 Å². The maximum atomic E-state index is 11.5. The van der Waals surface area contributed by atoms with Gasteiger partial charge in [-0.25, -0.2) is 4.79 Å². The van der Waals surface area contributed by atoms with Gasteiger partial charge in [-0.2, -0.15) is 0 Å². The normalized spacial score (nSPS) is 14.1. The van der Waals surface area contributed by atoms with Crippen LogP contribution in [0.2, 0.25) is 10.0 Å². The van der Waals surface area contributed by atoms with Crippen molar-refractivity contribution in [3.8, 4) is 0 Å². The first-order valence-electron chi connectivity index (χ1n) is 9.56. The number of rotatable bonds is 4. The number of aryl methyl sites for hydroxylation is 2. The molecule has 0 saturated heterocycles. The van der Waals surface area contributed by atoms with Crippen LogP contribution in [-0.2, 0) is 25.8 Å². The topological polar surface area (TPSA) is 45.5 Å². The number of carbonyl (C=O) groups is 1. The van der Waals surface area contributed by atoms with Crippen LogP contribution in [0.25, 0.3) is 10.9 Å². The quantitative estimate of drug-likeness (QED) is 0.596. The van der Waals surface area contributed by atoms with Crippen molar-refractivity contribution in [2.24, 2.45) is 0 Å². The van der Waals surface area contributed by atoms with Gasteiger partial charge in [0.25, 0.3) is 0 Å². The Kier molecular flexibility index (Phi) is 5.51. The zero-order valence-electron chi connectivity index (χ0n) is 15.5. The Balaban J connectivity index is 1.69. The Morgan fingerprint density at radius 1 is 1.04 bits per heavy atom. The standard InChI is InChI=1S/C22H22Cl2N2O2/c23-17-8-9-19-20(21(17)24)16-10-13-25(22(27)28)14-11-18(16)26(19)12-4-7-15-5-2-1-3-6-15/h1-3,5-6,8-9H,4,7,10-14H2,(H,27,28). The van der Waals surface area contributed by atoms with Gasteiger partial charge in [0.1, 0.15) is 0 Å². The molecule has 2 aromatic carbocycles. The molecule has 0 unspecified atom stereocenters. The molecule has 0 fully saturated rings. The first-order chi connectivity index (χ1) is 13.6.